The van der Waals surface area contributed by atoms with E-state index in [2.05, 4.69) is 5.32 Å². The lowest BCUT2D eigenvalue weighted by Crippen LogP contribution is -2.36. The predicted octanol–water partition coefficient (Wildman–Crippen LogP) is 5.30. The summed E-state index contributed by atoms with van der Waals surface area (Å²) in [4.78, 5) is 37.5. The summed E-state index contributed by atoms with van der Waals surface area (Å²) in [6.07, 6.45) is 1.37. The van der Waals surface area contributed by atoms with Gasteiger partial charge in [-0.3, -0.25) is 14.9 Å². The molecule has 7 heteroatoms. The van der Waals surface area contributed by atoms with Crippen molar-refractivity contribution in [3.8, 4) is 0 Å². The molecule has 0 saturated heterocycles. The minimum Gasteiger partial charge on any atom is -0.459 e. The van der Waals surface area contributed by atoms with Gasteiger partial charge in [0.05, 0.1) is 16.6 Å². The first-order valence-corrected chi connectivity index (χ1v) is 11.5. The van der Waals surface area contributed by atoms with Crippen LogP contribution in [0.5, 0.6) is 0 Å². The molecule has 0 amide bonds. The van der Waals surface area contributed by atoms with Crippen molar-refractivity contribution in [3.63, 3.8) is 0 Å². The van der Waals surface area contributed by atoms with Gasteiger partial charge in [0.1, 0.15) is 0 Å². The molecule has 1 N–H and O–H groups in total. The number of hydrogen-bond acceptors (Lipinski definition) is 6. The number of esters is 1. The van der Waals surface area contributed by atoms with Crippen LogP contribution in [0.2, 0.25) is 0 Å². The number of Topliss-reactive ketones (excluding diaryl/α,β-unsaturated/α-hetero) is 1. The fraction of sp³-hybridized carbons (Fsp3) is 0.333. The van der Waals surface area contributed by atoms with Crippen LogP contribution in [-0.4, -0.2) is 22.8 Å². The number of ketones is 1. The molecule has 0 saturated carbocycles. The Kier molecular flexibility index (Phi) is 6.63. The molecule has 1 aliphatic heterocycles. The van der Waals surface area contributed by atoms with Gasteiger partial charge in [-0.05, 0) is 43.7 Å². The van der Waals surface area contributed by atoms with E-state index >= 15 is 0 Å². The lowest BCUT2D eigenvalue weighted by molar-refractivity contribution is -0.384. The van der Waals surface area contributed by atoms with Crippen molar-refractivity contribution in [2.45, 2.75) is 58.0 Å². The molecule has 0 fully saturated rings. The summed E-state index contributed by atoms with van der Waals surface area (Å²) in [7, 11) is 0. The van der Waals surface area contributed by atoms with Gasteiger partial charge >= 0.3 is 5.97 Å². The molecule has 7 nitrogen and oxygen atoms in total. The van der Waals surface area contributed by atoms with Crippen molar-refractivity contribution in [2.75, 3.05) is 0 Å². The van der Waals surface area contributed by atoms with Crippen molar-refractivity contribution in [1.82, 2.24) is 5.32 Å². The SMILES string of the molecule is CCC(C)OC(=O)C1=C(C)NC2=C(C(=O)CC(c3ccccc3)C2)C1c1ccc([N+](=O)[O-])cc1. The maximum Gasteiger partial charge on any atom is 0.337 e. The average Bonchev–Trinajstić information content (AvgIpc) is 2.83. The molecular formula is C27H28N2O5. The lowest BCUT2D eigenvalue weighted by Gasteiger charge is -2.37. The first-order valence-electron chi connectivity index (χ1n) is 11.5. The van der Waals surface area contributed by atoms with Gasteiger partial charge in [-0.25, -0.2) is 4.79 Å². The Hall–Kier alpha value is -3.74. The van der Waals surface area contributed by atoms with Crippen LogP contribution in [0, 0.1) is 10.1 Å². The van der Waals surface area contributed by atoms with E-state index in [1.165, 1.54) is 12.1 Å². The normalized spacial score (nSPS) is 21.0. The molecule has 4 rings (SSSR count). The first kappa shape index (κ1) is 23.4. The van der Waals surface area contributed by atoms with Crippen molar-refractivity contribution in [3.05, 3.63) is 98.4 Å². The fourth-order valence-corrected chi connectivity index (χ4v) is 4.72. The van der Waals surface area contributed by atoms with E-state index in [0.29, 0.717) is 41.7 Å². The van der Waals surface area contributed by atoms with Crippen LogP contribution in [0.15, 0.2) is 77.1 Å². The highest BCUT2D eigenvalue weighted by Gasteiger charge is 2.41. The van der Waals surface area contributed by atoms with E-state index in [1.807, 2.05) is 51.1 Å². The van der Waals surface area contributed by atoms with Gasteiger partial charge in [0.2, 0.25) is 0 Å². The Labute approximate surface area is 198 Å². The van der Waals surface area contributed by atoms with Crippen LogP contribution in [-0.2, 0) is 14.3 Å². The smallest absolute Gasteiger partial charge is 0.337 e. The molecule has 3 atom stereocenters. The largest absolute Gasteiger partial charge is 0.459 e. The number of carbonyl (C=O) groups is 2. The van der Waals surface area contributed by atoms with E-state index in [4.69, 9.17) is 4.74 Å². The number of benzene rings is 2. The molecule has 2 aromatic carbocycles. The van der Waals surface area contributed by atoms with Gasteiger partial charge in [-0.15, -0.1) is 0 Å². The van der Waals surface area contributed by atoms with Gasteiger partial charge in [-0.2, -0.15) is 0 Å². The predicted molar refractivity (Wildman–Crippen MR) is 128 cm³/mol. The van der Waals surface area contributed by atoms with Gasteiger partial charge in [0, 0.05) is 41.4 Å². The zero-order valence-electron chi connectivity index (χ0n) is 19.5. The molecule has 176 valence electrons. The third-order valence-electron chi connectivity index (χ3n) is 6.64. The molecule has 2 aliphatic rings. The number of ether oxygens (including phenoxy) is 1. The van der Waals surface area contributed by atoms with E-state index < -0.39 is 16.8 Å². The number of nitrogens with zero attached hydrogens (tertiary/aromatic N) is 1. The summed E-state index contributed by atoms with van der Waals surface area (Å²) < 4.78 is 5.65. The highest BCUT2D eigenvalue weighted by Crippen LogP contribution is 2.46. The summed E-state index contributed by atoms with van der Waals surface area (Å²) in [5.74, 6) is -1.11. The molecule has 1 aliphatic carbocycles. The van der Waals surface area contributed by atoms with Crippen LogP contribution in [0.1, 0.15) is 63.0 Å². The topological polar surface area (TPSA) is 98.5 Å². The number of nitro benzene ring substituents is 1. The zero-order valence-corrected chi connectivity index (χ0v) is 19.5. The number of dihydropyridines is 1. The third kappa shape index (κ3) is 4.51. The third-order valence-corrected chi connectivity index (χ3v) is 6.64. The quantitative estimate of drug-likeness (QED) is 0.357. The zero-order chi connectivity index (χ0) is 24.4. The second-order valence-electron chi connectivity index (χ2n) is 8.90. The van der Waals surface area contributed by atoms with Gasteiger partial charge in [0.25, 0.3) is 5.69 Å². The summed E-state index contributed by atoms with van der Waals surface area (Å²) in [6.45, 7) is 5.57. The van der Waals surface area contributed by atoms with Crippen molar-refractivity contribution in [2.24, 2.45) is 0 Å². The Morgan fingerprint density at radius 1 is 1.12 bits per heavy atom. The molecule has 34 heavy (non-hydrogen) atoms. The molecule has 1 heterocycles. The number of hydrogen-bond donors (Lipinski definition) is 1. The molecule has 0 spiro atoms. The minimum absolute atomic E-state index is 0.0349. The number of nitro groups is 1. The highest BCUT2D eigenvalue weighted by molar-refractivity contribution is 6.04. The maximum atomic E-state index is 13.5. The molecule has 2 aromatic rings. The summed E-state index contributed by atoms with van der Waals surface area (Å²) >= 11 is 0. The van der Waals surface area contributed by atoms with Gasteiger partial charge in [-0.1, -0.05) is 49.4 Å². The second kappa shape index (κ2) is 9.63. The molecular weight excluding hydrogens is 432 g/mol. The number of allylic oxidation sites excluding steroid dienone is 3. The molecule has 3 unspecified atom stereocenters. The van der Waals surface area contributed by atoms with E-state index in [1.54, 1.807) is 12.1 Å². The van der Waals surface area contributed by atoms with Crippen molar-refractivity contribution in [1.29, 1.82) is 0 Å². The average molecular weight is 461 g/mol. The summed E-state index contributed by atoms with van der Waals surface area (Å²) in [6, 6.07) is 16.0. The van der Waals surface area contributed by atoms with Crippen LogP contribution < -0.4 is 5.32 Å². The summed E-state index contributed by atoms with van der Waals surface area (Å²) in [5.41, 5.74) is 4.06. The van der Waals surface area contributed by atoms with Crippen LogP contribution in [0.4, 0.5) is 5.69 Å². The number of non-ortho nitro benzene ring substituents is 1. The Morgan fingerprint density at radius 2 is 1.79 bits per heavy atom. The fourth-order valence-electron chi connectivity index (χ4n) is 4.72. The minimum atomic E-state index is -0.641. The van der Waals surface area contributed by atoms with Crippen LogP contribution in [0.3, 0.4) is 0 Å². The Balaban J connectivity index is 1.79. The highest BCUT2D eigenvalue weighted by atomic mass is 16.6. The van der Waals surface area contributed by atoms with Crippen LogP contribution >= 0.6 is 0 Å². The maximum absolute atomic E-state index is 13.5. The first-order chi connectivity index (χ1) is 16.3. The van der Waals surface area contributed by atoms with Crippen molar-refractivity contribution < 1.29 is 19.2 Å². The Morgan fingerprint density at radius 3 is 2.41 bits per heavy atom. The van der Waals surface area contributed by atoms with E-state index in [0.717, 1.165) is 11.3 Å². The monoisotopic (exact) mass is 460 g/mol. The van der Waals surface area contributed by atoms with Gasteiger partial charge in [0.15, 0.2) is 5.78 Å². The number of rotatable bonds is 6. The van der Waals surface area contributed by atoms with E-state index in [-0.39, 0.29) is 23.5 Å². The van der Waals surface area contributed by atoms with E-state index in [9.17, 15) is 19.7 Å². The number of carbonyl (C=O) groups excluding carboxylic acids is 2. The second-order valence-corrected chi connectivity index (χ2v) is 8.90. The Bertz CT molecular complexity index is 1180. The van der Waals surface area contributed by atoms with Crippen LogP contribution in [0.25, 0.3) is 0 Å². The lowest BCUT2D eigenvalue weighted by atomic mass is 9.71. The van der Waals surface area contributed by atoms with Gasteiger partial charge < -0.3 is 10.1 Å². The molecule has 0 aromatic heterocycles. The van der Waals surface area contributed by atoms with Crippen molar-refractivity contribution >= 4 is 17.4 Å². The standard InChI is InChI=1S/C27H28N2O5/c1-4-16(2)34-27(31)24-17(3)28-22-14-20(18-8-6-5-7-9-18)15-23(30)26(22)25(24)19-10-12-21(13-11-19)29(32)33/h5-13,16,20,25,28H,4,14-15H2,1-3H3. The molecule has 0 radical (unpaired) electrons. The number of nitrogens with one attached hydrogen (secondary N) is 1. The summed E-state index contributed by atoms with van der Waals surface area (Å²) in [5, 5.41) is 14.5. The molecule has 0 bridgehead atoms.